The molecule has 0 spiro atoms. The first kappa shape index (κ1) is 13.5. The topological polar surface area (TPSA) is 32.3 Å². The van der Waals surface area contributed by atoms with Crippen molar-refractivity contribution in [1.82, 2.24) is 5.32 Å². The van der Waals surface area contributed by atoms with Crippen molar-refractivity contribution >= 4 is 15.9 Å². The second kappa shape index (κ2) is 5.19. The van der Waals surface area contributed by atoms with Gasteiger partial charge in [0, 0.05) is 22.1 Å². The highest BCUT2D eigenvalue weighted by molar-refractivity contribution is 9.10. The fourth-order valence-electron chi connectivity index (χ4n) is 1.40. The second-order valence-electron chi connectivity index (χ2n) is 4.82. The highest BCUT2D eigenvalue weighted by atomic mass is 79.9. The summed E-state index contributed by atoms with van der Waals surface area (Å²) in [6.45, 7) is 9.07. The fourth-order valence-corrected chi connectivity index (χ4v) is 2.02. The van der Waals surface area contributed by atoms with Crippen molar-refractivity contribution in [2.24, 2.45) is 0 Å². The van der Waals surface area contributed by atoms with E-state index in [1.807, 2.05) is 19.1 Å². The zero-order valence-corrected chi connectivity index (χ0v) is 12.0. The van der Waals surface area contributed by atoms with Gasteiger partial charge in [0.1, 0.15) is 5.75 Å². The molecule has 0 aliphatic rings. The Kier molecular flexibility index (Phi) is 4.39. The Morgan fingerprint density at radius 3 is 2.56 bits per heavy atom. The van der Waals surface area contributed by atoms with E-state index in [0.717, 1.165) is 22.0 Å². The molecule has 0 saturated heterocycles. The second-order valence-corrected chi connectivity index (χ2v) is 5.74. The minimum absolute atomic E-state index is 0.0999. The molecule has 0 bridgehead atoms. The summed E-state index contributed by atoms with van der Waals surface area (Å²) in [6, 6.07) is 3.88. The zero-order valence-electron chi connectivity index (χ0n) is 10.4. The lowest BCUT2D eigenvalue weighted by molar-refractivity contribution is 0.369. The van der Waals surface area contributed by atoms with Gasteiger partial charge in [-0.2, -0.15) is 0 Å². The van der Waals surface area contributed by atoms with E-state index in [4.69, 9.17) is 0 Å². The standard InChI is InChI=1S/C13H20BrNO/c1-5-13(3,4)15-8-10-7-11(14)6-9(2)12(10)16/h6-7,15-16H,5,8H2,1-4H3. The number of rotatable bonds is 4. The predicted molar refractivity (Wildman–Crippen MR) is 71.8 cm³/mol. The van der Waals surface area contributed by atoms with Gasteiger partial charge in [0.15, 0.2) is 0 Å². The molecular formula is C13H20BrNO. The number of halogens is 1. The molecule has 0 heterocycles. The van der Waals surface area contributed by atoms with Crippen LogP contribution >= 0.6 is 15.9 Å². The molecule has 16 heavy (non-hydrogen) atoms. The highest BCUT2D eigenvalue weighted by Crippen LogP contribution is 2.27. The molecule has 0 fully saturated rings. The number of phenols is 1. The quantitative estimate of drug-likeness (QED) is 0.883. The molecular weight excluding hydrogens is 266 g/mol. The van der Waals surface area contributed by atoms with Crippen LogP contribution in [0.4, 0.5) is 0 Å². The van der Waals surface area contributed by atoms with E-state index in [1.54, 1.807) is 0 Å². The van der Waals surface area contributed by atoms with E-state index in [-0.39, 0.29) is 5.54 Å². The van der Waals surface area contributed by atoms with Crippen LogP contribution in [0.1, 0.15) is 38.3 Å². The minimum Gasteiger partial charge on any atom is -0.507 e. The third kappa shape index (κ3) is 3.49. The molecule has 1 aromatic carbocycles. The van der Waals surface area contributed by atoms with Crippen LogP contribution in [0.2, 0.25) is 0 Å². The van der Waals surface area contributed by atoms with Gasteiger partial charge in [-0.25, -0.2) is 0 Å². The van der Waals surface area contributed by atoms with E-state index in [2.05, 4.69) is 42.0 Å². The van der Waals surface area contributed by atoms with Crippen molar-refractivity contribution in [1.29, 1.82) is 0 Å². The van der Waals surface area contributed by atoms with Crippen molar-refractivity contribution in [2.45, 2.75) is 46.2 Å². The maximum absolute atomic E-state index is 9.93. The summed E-state index contributed by atoms with van der Waals surface area (Å²) in [5.74, 6) is 0.391. The average molecular weight is 286 g/mol. The SMILES string of the molecule is CCC(C)(C)NCc1cc(Br)cc(C)c1O. The molecule has 0 amide bonds. The van der Waals surface area contributed by atoms with Crippen LogP contribution in [-0.4, -0.2) is 10.6 Å². The molecule has 2 N–H and O–H groups in total. The van der Waals surface area contributed by atoms with Crippen LogP contribution in [0.25, 0.3) is 0 Å². The Morgan fingerprint density at radius 1 is 1.38 bits per heavy atom. The average Bonchev–Trinajstić information content (AvgIpc) is 2.21. The van der Waals surface area contributed by atoms with E-state index >= 15 is 0 Å². The Bertz CT molecular complexity index is 374. The fraction of sp³-hybridized carbons (Fsp3) is 0.538. The summed E-state index contributed by atoms with van der Waals surface area (Å²) < 4.78 is 1.01. The van der Waals surface area contributed by atoms with Gasteiger partial charge < -0.3 is 10.4 Å². The molecule has 0 aliphatic carbocycles. The molecule has 90 valence electrons. The number of phenolic OH excluding ortho intramolecular Hbond substituents is 1. The lowest BCUT2D eigenvalue weighted by Gasteiger charge is -2.25. The van der Waals surface area contributed by atoms with Crippen molar-refractivity contribution in [3.05, 3.63) is 27.7 Å². The van der Waals surface area contributed by atoms with Gasteiger partial charge >= 0.3 is 0 Å². The molecule has 0 aromatic heterocycles. The summed E-state index contributed by atoms with van der Waals surface area (Å²) in [5, 5.41) is 13.4. The van der Waals surface area contributed by atoms with E-state index in [9.17, 15) is 5.11 Å². The summed E-state index contributed by atoms with van der Waals surface area (Å²) in [6.07, 6.45) is 1.06. The molecule has 3 heteroatoms. The lowest BCUT2D eigenvalue weighted by Crippen LogP contribution is -2.37. The van der Waals surface area contributed by atoms with Gasteiger partial charge in [-0.3, -0.25) is 0 Å². The smallest absolute Gasteiger partial charge is 0.123 e. The molecule has 0 aliphatic heterocycles. The number of aryl methyl sites for hydroxylation is 1. The lowest BCUT2D eigenvalue weighted by atomic mass is 10.0. The molecule has 0 unspecified atom stereocenters. The van der Waals surface area contributed by atoms with Crippen LogP contribution < -0.4 is 5.32 Å². The van der Waals surface area contributed by atoms with Crippen molar-refractivity contribution in [3.8, 4) is 5.75 Å². The van der Waals surface area contributed by atoms with Gasteiger partial charge in [0.25, 0.3) is 0 Å². The zero-order chi connectivity index (χ0) is 12.3. The van der Waals surface area contributed by atoms with Crippen LogP contribution in [0.5, 0.6) is 5.75 Å². The van der Waals surface area contributed by atoms with Gasteiger partial charge in [-0.15, -0.1) is 0 Å². The van der Waals surface area contributed by atoms with Crippen LogP contribution in [0.15, 0.2) is 16.6 Å². The number of nitrogens with one attached hydrogen (secondary N) is 1. The van der Waals surface area contributed by atoms with Crippen LogP contribution in [-0.2, 0) is 6.54 Å². The number of aromatic hydroxyl groups is 1. The van der Waals surface area contributed by atoms with Crippen molar-refractivity contribution in [2.75, 3.05) is 0 Å². The third-order valence-electron chi connectivity index (χ3n) is 2.99. The van der Waals surface area contributed by atoms with Gasteiger partial charge in [-0.1, -0.05) is 22.9 Å². The van der Waals surface area contributed by atoms with E-state index < -0.39 is 0 Å². The maximum Gasteiger partial charge on any atom is 0.123 e. The normalized spacial score (nSPS) is 11.8. The Morgan fingerprint density at radius 2 is 2.00 bits per heavy atom. The summed E-state index contributed by atoms with van der Waals surface area (Å²) in [7, 11) is 0. The largest absolute Gasteiger partial charge is 0.507 e. The van der Waals surface area contributed by atoms with Gasteiger partial charge in [0.2, 0.25) is 0 Å². The number of benzene rings is 1. The van der Waals surface area contributed by atoms with Crippen LogP contribution in [0, 0.1) is 6.92 Å². The van der Waals surface area contributed by atoms with E-state index in [0.29, 0.717) is 12.3 Å². The molecule has 1 aromatic rings. The van der Waals surface area contributed by atoms with Gasteiger partial charge in [0.05, 0.1) is 0 Å². The van der Waals surface area contributed by atoms with Crippen molar-refractivity contribution in [3.63, 3.8) is 0 Å². The number of hydrogen-bond donors (Lipinski definition) is 2. The first-order chi connectivity index (χ1) is 7.35. The van der Waals surface area contributed by atoms with Crippen LogP contribution in [0.3, 0.4) is 0 Å². The molecule has 0 atom stereocenters. The summed E-state index contributed by atoms with van der Waals surface area (Å²) in [5.41, 5.74) is 1.94. The summed E-state index contributed by atoms with van der Waals surface area (Å²) >= 11 is 3.45. The minimum atomic E-state index is 0.0999. The Hall–Kier alpha value is -0.540. The predicted octanol–water partition coefficient (Wildman–Crippen LogP) is 3.74. The molecule has 1 rings (SSSR count). The Labute approximate surface area is 106 Å². The number of hydrogen-bond acceptors (Lipinski definition) is 2. The monoisotopic (exact) mass is 285 g/mol. The summed E-state index contributed by atoms with van der Waals surface area (Å²) in [4.78, 5) is 0. The van der Waals surface area contributed by atoms with E-state index in [1.165, 1.54) is 0 Å². The first-order valence-electron chi connectivity index (χ1n) is 5.59. The highest BCUT2D eigenvalue weighted by Gasteiger charge is 2.15. The molecule has 0 radical (unpaired) electrons. The third-order valence-corrected chi connectivity index (χ3v) is 3.44. The maximum atomic E-state index is 9.93. The Balaban J connectivity index is 2.82. The molecule has 0 saturated carbocycles. The first-order valence-corrected chi connectivity index (χ1v) is 6.38. The van der Waals surface area contributed by atoms with Crippen molar-refractivity contribution < 1.29 is 5.11 Å². The van der Waals surface area contributed by atoms with Gasteiger partial charge in [-0.05, 0) is 44.9 Å². The molecule has 2 nitrogen and oxygen atoms in total.